The molecule has 0 saturated heterocycles. The summed E-state index contributed by atoms with van der Waals surface area (Å²) in [5, 5.41) is 11.4. The van der Waals surface area contributed by atoms with E-state index >= 15 is 0 Å². The Hall–Kier alpha value is -3.48. The van der Waals surface area contributed by atoms with Crippen molar-refractivity contribution < 1.29 is 27.6 Å². The van der Waals surface area contributed by atoms with Crippen molar-refractivity contribution in [2.45, 2.75) is 12.8 Å². The number of aromatic amines is 1. The molecular weight excluding hydrogens is 499 g/mol. The lowest BCUT2D eigenvalue weighted by Gasteiger charge is -2.26. The van der Waals surface area contributed by atoms with Crippen LogP contribution in [0, 0.1) is 10.1 Å². The summed E-state index contributed by atoms with van der Waals surface area (Å²) in [5.41, 5.74) is 1.96. The highest BCUT2D eigenvalue weighted by atomic mass is 79.9. The van der Waals surface area contributed by atoms with Crippen molar-refractivity contribution in [2.24, 2.45) is 0 Å². The molecule has 3 heterocycles. The van der Waals surface area contributed by atoms with Gasteiger partial charge in [-0.1, -0.05) is 6.08 Å². The molecule has 0 unspecified atom stereocenters. The maximum absolute atomic E-state index is 12.9. The zero-order valence-electron chi connectivity index (χ0n) is 16.0. The molecule has 0 spiro atoms. The third-order valence-corrected chi connectivity index (χ3v) is 5.21. The molecule has 2 aromatic heterocycles. The van der Waals surface area contributed by atoms with Crippen molar-refractivity contribution in [3.05, 3.63) is 62.5 Å². The number of amides is 1. The van der Waals surface area contributed by atoms with E-state index in [-0.39, 0.29) is 18.7 Å². The van der Waals surface area contributed by atoms with E-state index in [4.69, 9.17) is 0 Å². The summed E-state index contributed by atoms with van der Waals surface area (Å²) in [6.07, 6.45) is 0.589. The van der Waals surface area contributed by atoms with Gasteiger partial charge in [0.05, 0.1) is 17.2 Å². The average Bonchev–Trinajstić information content (AvgIpc) is 3.15. The molecule has 1 aliphatic rings. The van der Waals surface area contributed by atoms with Gasteiger partial charge in [-0.15, -0.1) is 13.2 Å². The summed E-state index contributed by atoms with van der Waals surface area (Å²) in [4.78, 5) is 36.4. The highest BCUT2D eigenvalue weighted by Gasteiger charge is 2.33. The van der Waals surface area contributed by atoms with Crippen molar-refractivity contribution in [3.63, 3.8) is 0 Å². The van der Waals surface area contributed by atoms with Crippen LogP contribution in [0.25, 0.3) is 16.7 Å². The monoisotopic (exact) mass is 511 g/mol. The number of fused-ring (bicyclic) bond motifs is 1. The van der Waals surface area contributed by atoms with E-state index < -0.39 is 28.6 Å². The van der Waals surface area contributed by atoms with Crippen LogP contribution in [0.4, 0.5) is 18.9 Å². The summed E-state index contributed by atoms with van der Waals surface area (Å²) >= 11 is 3.28. The van der Waals surface area contributed by atoms with Gasteiger partial charge in [0, 0.05) is 24.8 Å². The Morgan fingerprint density at radius 1 is 1.34 bits per heavy atom. The van der Waals surface area contributed by atoms with Gasteiger partial charge in [0.15, 0.2) is 5.65 Å². The van der Waals surface area contributed by atoms with Gasteiger partial charge >= 0.3 is 6.36 Å². The molecule has 1 amide bonds. The number of alkyl halides is 3. The number of nitro groups is 1. The van der Waals surface area contributed by atoms with Crippen LogP contribution in [-0.4, -0.2) is 50.1 Å². The fourth-order valence-electron chi connectivity index (χ4n) is 3.42. The van der Waals surface area contributed by atoms with Gasteiger partial charge in [-0.3, -0.25) is 14.9 Å². The molecule has 0 fully saturated rings. The molecular formula is C19H13BrF3N5O4. The van der Waals surface area contributed by atoms with E-state index in [9.17, 15) is 28.1 Å². The molecule has 0 saturated carbocycles. The second kappa shape index (κ2) is 8.22. The van der Waals surface area contributed by atoms with Crippen molar-refractivity contribution in [1.29, 1.82) is 0 Å². The maximum Gasteiger partial charge on any atom is 0.573 e. The van der Waals surface area contributed by atoms with Crippen molar-refractivity contribution in [3.8, 4) is 5.75 Å². The van der Waals surface area contributed by atoms with Crippen molar-refractivity contribution in [1.82, 2.24) is 19.9 Å². The number of benzene rings is 1. The fraction of sp³-hybridized carbons (Fsp3) is 0.211. The lowest BCUT2D eigenvalue weighted by molar-refractivity contribution is -0.385. The summed E-state index contributed by atoms with van der Waals surface area (Å²) in [7, 11) is 0. The molecule has 0 bridgehead atoms. The minimum atomic E-state index is -5.00. The highest BCUT2D eigenvalue weighted by Crippen LogP contribution is 2.32. The first-order valence-corrected chi connectivity index (χ1v) is 9.94. The van der Waals surface area contributed by atoms with Gasteiger partial charge in [-0.05, 0) is 40.1 Å². The maximum atomic E-state index is 12.9. The van der Waals surface area contributed by atoms with Gasteiger partial charge in [-0.2, -0.15) is 0 Å². The Balaban J connectivity index is 1.57. The van der Waals surface area contributed by atoms with E-state index in [2.05, 4.69) is 35.6 Å². The zero-order valence-corrected chi connectivity index (χ0v) is 17.6. The predicted molar refractivity (Wildman–Crippen MR) is 110 cm³/mol. The Labute approximate surface area is 186 Å². The van der Waals surface area contributed by atoms with E-state index in [1.807, 2.05) is 0 Å². The SMILES string of the molecule is O=C(c1ccc(OC(F)(F)F)cc1[N+](=O)[O-])N1CC=C(c2c[nH]c3ncc(Br)nc23)CC1. The molecule has 0 radical (unpaired) electrons. The summed E-state index contributed by atoms with van der Waals surface area (Å²) in [6, 6.07) is 2.43. The summed E-state index contributed by atoms with van der Waals surface area (Å²) in [5.74, 6) is -1.43. The molecule has 13 heteroatoms. The number of H-pyrrole nitrogens is 1. The molecule has 0 aliphatic carbocycles. The Kier molecular flexibility index (Phi) is 5.59. The predicted octanol–water partition coefficient (Wildman–Crippen LogP) is 4.46. The first-order chi connectivity index (χ1) is 15.1. The van der Waals surface area contributed by atoms with E-state index in [1.54, 1.807) is 18.5 Å². The van der Waals surface area contributed by atoms with Gasteiger partial charge in [-0.25, -0.2) is 9.97 Å². The molecule has 4 rings (SSSR count). The summed E-state index contributed by atoms with van der Waals surface area (Å²) in [6.45, 7) is 0.428. The summed E-state index contributed by atoms with van der Waals surface area (Å²) < 4.78 is 41.5. The van der Waals surface area contributed by atoms with Crippen LogP contribution in [0.5, 0.6) is 5.75 Å². The molecule has 3 aromatic rings. The van der Waals surface area contributed by atoms with Gasteiger partial charge in [0.1, 0.15) is 21.4 Å². The number of nitro benzene ring substituents is 1. The van der Waals surface area contributed by atoms with Crippen LogP contribution in [0.15, 0.2) is 41.3 Å². The molecule has 1 aromatic carbocycles. The number of nitrogens with one attached hydrogen (secondary N) is 1. The van der Waals surface area contributed by atoms with E-state index in [0.29, 0.717) is 28.3 Å². The van der Waals surface area contributed by atoms with Gasteiger partial charge < -0.3 is 14.6 Å². The second-order valence-electron chi connectivity index (χ2n) is 6.81. The lowest BCUT2D eigenvalue weighted by atomic mass is 10.0. The zero-order chi connectivity index (χ0) is 23.0. The number of nitrogens with zero attached hydrogens (tertiary/aromatic N) is 4. The number of carbonyl (C=O) groups excluding carboxylic acids is 1. The van der Waals surface area contributed by atoms with Crippen LogP contribution in [-0.2, 0) is 0 Å². The van der Waals surface area contributed by atoms with Crippen LogP contribution in [0.1, 0.15) is 22.3 Å². The Morgan fingerprint density at radius 2 is 2.12 bits per heavy atom. The van der Waals surface area contributed by atoms with Crippen LogP contribution in [0.2, 0.25) is 0 Å². The largest absolute Gasteiger partial charge is 0.573 e. The standard InChI is InChI=1S/C19H13BrF3N5O4/c20-15-9-25-17-16(26-15)13(8-24-17)10-3-5-27(6-4-10)18(29)12-2-1-11(32-19(21,22)23)7-14(12)28(30)31/h1-3,7-9H,4-6H2,(H,24,25). The number of halogens is 4. The normalized spacial score (nSPS) is 14.4. The smallest absolute Gasteiger partial charge is 0.406 e. The van der Waals surface area contributed by atoms with Crippen molar-refractivity contribution in [2.75, 3.05) is 13.1 Å². The topological polar surface area (TPSA) is 114 Å². The van der Waals surface area contributed by atoms with Crippen LogP contribution >= 0.6 is 15.9 Å². The lowest BCUT2D eigenvalue weighted by Crippen LogP contribution is -2.35. The molecule has 1 aliphatic heterocycles. The third kappa shape index (κ3) is 4.42. The average molecular weight is 512 g/mol. The first-order valence-electron chi connectivity index (χ1n) is 9.15. The molecule has 0 atom stereocenters. The highest BCUT2D eigenvalue weighted by molar-refractivity contribution is 9.10. The fourth-order valence-corrected chi connectivity index (χ4v) is 3.70. The minimum Gasteiger partial charge on any atom is -0.406 e. The van der Waals surface area contributed by atoms with Crippen molar-refractivity contribution >= 4 is 44.3 Å². The quantitative estimate of drug-likeness (QED) is 0.408. The van der Waals surface area contributed by atoms with E-state index in [0.717, 1.165) is 23.3 Å². The Morgan fingerprint density at radius 3 is 2.78 bits per heavy atom. The molecule has 32 heavy (non-hydrogen) atoms. The number of hydrogen-bond acceptors (Lipinski definition) is 6. The van der Waals surface area contributed by atoms with Gasteiger partial charge in [0.25, 0.3) is 11.6 Å². The molecule has 9 nitrogen and oxygen atoms in total. The number of carbonyl (C=O) groups is 1. The molecule has 1 N–H and O–H groups in total. The van der Waals surface area contributed by atoms with Gasteiger partial charge in [0.2, 0.25) is 0 Å². The number of aromatic nitrogens is 3. The van der Waals surface area contributed by atoms with Crippen LogP contribution in [0.3, 0.4) is 0 Å². The minimum absolute atomic E-state index is 0.167. The van der Waals surface area contributed by atoms with E-state index in [1.165, 1.54) is 4.90 Å². The second-order valence-corrected chi connectivity index (χ2v) is 7.62. The third-order valence-electron chi connectivity index (χ3n) is 4.82. The molecule has 166 valence electrons. The Bertz CT molecular complexity index is 1260. The number of rotatable bonds is 4. The number of ether oxygens (including phenoxy) is 1. The number of hydrogen-bond donors (Lipinski definition) is 1. The van der Waals surface area contributed by atoms with Crippen LogP contribution < -0.4 is 4.74 Å². The first kappa shape index (κ1) is 21.7.